The molecule has 128 valence electrons. The molecule has 0 N–H and O–H groups in total. The van der Waals surface area contributed by atoms with Crippen LogP contribution in [-0.4, -0.2) is 33.0 Å². The highest BCUT2D eigenvalue weighted by molar-refractivity contribution is 9.10. The summed E-state index contributed by atoms with van der Waals surface area (Å²) >= 11 is 3.50. The number of rotatable bonds is 6. The van der Waals surface area contributed by atoms with E-state index >= 15 is 0 Å². The Kier molecular flexibility index (Phi) is 5.55. The summed E-state index contributed by atoms with van der Waals surface area (Å²) in [4.78, 5) is 22.4. The highest BCUT2D eigenvalue weighted by Gasteiger charge is 2.14. The van der Waals surface area contributed by atoms with E-state index in [4.69, 9.17) is 4.52 Å². The molecule has 1 aromatic carbocycles. The van der Waals surface area contributed by atoms with Gasteiger partial charge in [-0.2, -0.15) is 4.98 Å². The predicted octanol–water partition coefficient (Wildman–Crippen LogP) is 3.49. The number of aryl methyl sites for hydroxylation is 1. The van der Waals surface area contributed by atoms with E-state index in [9.17, 15) is 4.79 Å². The molecule has 0 spiro atoms. The van der Waals surface area contributed by atoms with Crippen molar-refractivity contribution in [3.05, 3.63) is 64.7 Å². The number of hydrogen-bond donors (Lipinski definition) is 0. The number of halogens is 1. The fourth-order valence-electron chi connectivity index (χ4n) is 2.34. The number of amides is 1. The molecule has 0 aliphatic heterocycles. The van der Waals surface area contributed by atoms with Gasteiger partial charge in [0, 0.05) is 48.9 Å². The zero-order valence-electron chi connectivity index (χ0n) is 13.7. The smallest absolute Gasteiger partial charge is 0.227 e. The zero-order chi connectivity index (χ0) is 17.6. The van der Waals surface area contributed by atoms with E-state index < -0.39 is 0 Å². The molecule has 25 heavy (non-hydrogen) atoms. The minimum absolute atomic E-state index is 0.0249. The average Bonchev–Trinajstić information content (AvgIpc) is 3.11. The summed E-state index contributed by atoms with van der Waals surface area (Å²) in [5.74, 6) is 0.954. The lowest BCUT2D eigenvalue weighted by Gasteiger charge is -2.17. The van der Waals surface area contributed by atoms with Crippen LogP contribution < -0.4 is 0 Å². The minimum Gasteiger partial charge on any atom is -0.341 e. The first-order chi connectivity index (χ1) is 12.1. The Bertz CT molecular complexity index is 851. The topological polar surface area (TPSA) is 72.1 Å². The summed E-state index contributed by atoms with van der Waals surface area (Å²) in [5, 5.41) is 3.93. The molecule has 0 aliphatic rings. The van der Waals surface area contributed by atoms with Gasteiger partial charge in [0.15, 0.2) is 0 Å². The Balaban J connectivity index is 1.55. The van der Waals surface area contributed by atoms with Gasteiger partial charge >= 0.3 is 0 Å². The number of carbonyl (C=O) groups excluding carboxylic acids is 1. The fraction of sp³-hybridized carbons (Fsp3) is 0.222. The van der Waals surface area contributed by atoms with Crippen molar-refractivity contribution in [3.8, 4) is 11.4 Å². The highest BCUT2D eigenvalue weighted by Crippen LogP contribution is 2.18. The molecule has 6 nitrogen and oxygen atoms in total. The molecular weight excluding hydrogens is 384 g/mol. The molecule has 1 amide bonds. The van der Waals surface area contributed by atoms with Crippen molar-refractivity contribution in [1.29, 1.82) is 0 Å². The molecule has 0 saturated heterocycles. The largest absolute Gasteiger partial charge is 0.341 e. The van der Waals surface area contributed by atoms with E-state index in [-0.39, 0.29) is 5.91 Å². The third-order valence-electron chi connectivity index (χ3n) is 3.73. The molecule has 3 rings (SSSR count). The van der Waals surface area contributed by atoms with Crippen molar-refractivity contribution in [1.82, 2.24) is 20.0 Å². The summed E-state index contributed by atoms with van der Waals surface area (Å²) in [6, 6.07) is 11.5. The third kappa shape index (κ3) is 4.51. The SMILES string of the molecule is CN(Cc1ccccc1Br)C(=O)CCc1nc(-c2cccnc2)no1. The predicted molar refractivity (Wildman–Crippen MR) is 96.5 cm³/mol. The van der Waals surface area contributed by atoms with Crippen molar-refractivity contribution in [2.45, 2.75) is 19.4 Å². The maximum Gasteiger partial charge on any atom is 0.227 e. The monoisotopic (exact) mass is 400 g/mol. The van der Waals surface area contributed by atoms with Crippen molar-refractivity contribution in [3.63, 3.8) is 0 Å². The summed E-state index contributed by atoms with van der Waals surface area (Å²) in [7, 11) is 1.79. The molecule has 2 aromatic heterocycles. The van der Waals surface area contributed by atoms with Crippen LogP contribution in [0.15, 0.2) is 57.8 Å². The van der Waals surface area contributed by atoms with Crippen LogP contribution in [0.4, 0.5) is 0 Å². The second-order valence-electron chi connectivity index (χ2n) is 5.59. The first-order valence-electron chi connectivity index (χ1n) is 7.84. The number of aromatic nitrogens is 3. The number of benzene rings is 1. The normalized spacial score (nSPS) is 10.6. The summed E-state index contributed by atoms with van der Waals surface area (Å²) in [6.45, 7) is 0.547. The second-order valence-corrected chi connectivity index (χ2v) is 6.45. The van der Waals surface area contributed by atoms with Gasteiger partial charge in [-0.15, -0.1) is 0 Å². The Morgan fingerprint density at radius 3 is 2.84 bits per heavy atom. The van der Waals surface area contributed by atoms with Gasteiger partial charge < -0.3 is 9.42 Å². The lowest BCUT2D eigenvalue weighted by molar-refractivity contribution is -0.130. The summed E-state index contributed by atoms with van der Waals surface area (Å²) < 4.78 is 6.21. The van der Waals surface area contributed by atoms with E-state index in [1.165, 1.54) is 0 Å². The van der Waals surface area contributed by atoms with Gasteiger partial charge in [0.1, 0.15) is 0 Å². The van der Waals surface area contributed by atoms with Crippen molar-refractivity contribution in [2.24, 2.45) is 0 Å². The van der Waals surface area contributed by atoms with Crippen LogP contribution in [0.3, 0.4) is 0 Å². The van der Waals surface area contributed by atoms with E-state index in [0.29, 0.717) is 31.1 Å². The first kappa shape index (κ1) is 17.3. The van der Waals surface area contributed by atoms with Gasteiger partial charge in [-0.1, -0.05) is 39.3 Å². The number of nitrogens with zero attached hydrogens (tertiary/aromatic N) is 4. The Morgan fingerprint density at radius 2 is 2.08 bits per heavy atom. The van der Waals surface area contributed by atoms with Crippen molar-refractivity contribution in [2.75, 3.05) is 7.05 Å². The Hall–Kier alpha value is -2.54. The zero-order valence-corrected chi connectivity index (χ0v) is 15.3. The van der Waals surface area contributed by atoms with Crippen LogP contribution in [0.1, 0.15) is 17.9 Å². The summed E-state index contributed by atoms with van der Waals surface area (Å²) in [5.41, 5.74) is 1.85. The maximum absolute atomic E-state index is 12.3. The molecule has 3 aromatic rings. The van der Waals surface area contributed by atoms with Crippen molar-refractivity contribution >= 4 is 21.8 Å². The van der Waals surface area contributed by atoms with Gasteiger partial charge in [0.2, 0.25) is 17.6 Å². The quantitative estimate of drug-likeness (QED) is 0.633. The van der Waals surface area contributed by atoms with Crippen LogP contribution in [0.25, 0.3) is 11.4 Å². The van der Waals surface area contributed by atoms with Crippen LogP contribution in [0, 0.1) is 0 Å². The molecule has 0 radical (unpaired) electrons. The Labute approximate surface area is 154 Å². The van der Waals surface area contributed by atoms with E-state index in [1.807, 2.05) is 36.4 Å². The van der Waals surface area contributed by atoms with Gasteiger partial charge in [0.25, 0.3) is 0 Å². The minimum atomic E-state index is 0.0249. The van der Waals surface area contributed by atoms with Crippen LogP contribution in [0.5, 0.6) is 0 Å². The highest BCUT2D eigenvalue weighted by atomic mass is 79.9. The lowest BCUT2D eigenvalue weighted by Crippen LogP contribution is -2.26. The third-order valence-corrected chi connectivity index (χ3v) is 4.51. The molecule has 2 heterocycles. The molecule has 0 bridgehead atoms. The molecule has 0 fully saturated rings. The van der Waals surface area contributed by atoms with Gasteiger partial charge in [-0.25, -0.2) is 0 Å². The molecule has 0 saturated carbocycles. The average molecular weight is 401 g/mol. The molecule has 0 atom stereocenters. The number of hydrogen-bond acceptors (Lipinski definition) is 5. The molecular formula is C18H17BrN4O2. The molecule has 0 unspecified atom stereocenters. The standard InChI is InChI=1S/C18H17BrN4O2/c1-23(12-14-5-2-3-7-15(14)19)17(24)9-8-16-21-18(22-25-16)13-6-4-10-20-11-13/h2-7,10-11H,8-9,12H2,1H3. The van der Waals surface area contributed by atoms with E-state index in [0.717, 1.165) is 15.6 Å². The molecule has 0 aliphatic carbocycles. The van der Waals surface area contributed by atoms with Crippen molar-refractivity contribution < 1.29 is 9.32 Å². The maximum atomic E-state index is 12.3. The van der Waals surface area contributed by atoms with E-state index in [2.05, 4.69) is 31.1 Å². The number of pyridine rings is 1. The van der Waals surface area contributed by atoms with Crippen LogP contribution in [-0.2, 0) is 17.8 Å². The van der Waals surface area contributed by atoms with Gasteiger partial charge in [0.05, 0.1) is 0 Å². The van der Waals surface area contributed by atoms with Gasteiger partial charge in [-0.05, 0) is 23.8 Å². The first-order valence-corrected chi connectivity index (χ1v) is 8.63. The second kappa shape index (κ2) is 8.02. The Morgan fingerprint density at radius 1 is 1.24 bits per heavy atom. The summed E-state index contributed by atoms with van der Waals surface area (Å²) in [6.07, 6.45) is 4.08. The van der Waals surface area contributed by atoms with E-state index in [1.54, 1.807) is 24.3 Å². The number of carbonyl (C=O) groups is 1. The lowest BCUT2D eigenvalue weighted by atomic mass is 10.2. The molecule has 7 heteroatoms. The van der Waals surface area contributed by atoms with Crippen LogP contribution in [0.2, 0.25) is 0 Å². The fourth-order valence-corrected chi connectivity index (χ4v) is 2.75. The van der Waals surface area contributed by atoms with Gasteiger partial charge in [-0.3, -0.25) is 9.78 Å². The van der Waals surface area contributed by atoms with Crippen LogP contribution >= 0.6 is 15.9 Å².